The van der Waals surface area contributed by atoms with Crippen molar-refractivity contribution >= 4 is 11.8 Å². The number of allylic oxidation sites excluding steroid dienone is 2. The number of carbonyl (C=O) groups excluding carboxylic acids is 2. The SMILES string of the molecule is CC(C)c1ccc(CN2CCN(CN3C(=O)[C@H]4CC=CC[C@@H]4C3=O)CC2)cc1. The second kappa shape index (κ2) is 8.18. The molecule has 2 heterocycles. The van der Waals surface area contributed by atoms with Crippen molar-refractivity contribution in [2.45, 2.75) is 39.2 Å². The van der Waals surface area contributed by atoms with Crippen LogP contribution in [-0.2, 0) is 16.1 Å². The Hall–Kier alpha value is -1.98. The lowest BCUT2D eigenvalue weighted by atomic mass is 9.85. The quantitative estimate of drug-likeness (QED) is 0.581. The summed E-state index contributed by atoms with van der Waals surface area (Å²) < 4.78 is 0. The van der Waals surface area contributed by atoms with Gasteiger partial charge in [-0.25, -0.2) is 0 Å². The van der Waals surface area contributed by atoms with Crippen molar-refractivity contribution in [3.63, 3.8) is 0 Å². The van der Waals surface area contributed by atoms with Crippen molar-refractivity contribution in [2.75, 3.05) is 32.8 Å². The van der Waals surface area contributed by atoms with Crippen molar-refractivity contribution in [3.8, 4) is 0 Å². The molecular weight excluding hydrogens is 350 g/mol. The van der Waals surface area contributed by atoms with Gasteiger partial charge in [-0.3, -0.25) is 24.3 Å². The minimum Gasteiger partial charge on any atom is -0.297 e. The molecule has 5 nitrogen and oxygen atoms in total. The van der Waals surface area contributed by atoms with E-state index >= 15 is 0 Å². The van der Waals surface area contributed by atoms with Crippen LogP contribution in [0.15, 0.2) is 36.4 Å². The van der Waals surface area contributed by atoms with E-state index in [1.54, 1.807) is 0 Å². The van der Waals surface area contributed by atoms with E-state index in [9.17, 15) is 9.59 Å². The van der Waals surface area contributed by atoms with Crippen molar-refractivity contribution in [1.82, 2.24) is 14.7 Å². The summed E-state index contributed by atoms with van der Waals surface area (Å²) in [6, 6.07) is 8.93. The van der Waals surface area contributed by atoms with Gasteiger partial charge in [-0.15, -0.1) is 0 Å². The molecule has 3 aliphatic rings. The molecule has 1 aliphatic carbocycles. The van der Waals surface area contributed by atoms with Gasteiger partial charge in [0.05, 0.1) is 18.5 Å². The highest BCUT2D eigenvalue weighted by molar-refractivity contribution is 6.05. The number of nitrogens with zero attached hydrogens (tertiary/aromatic N) is 3. The van der Waals surface area contributed by atoms with E-state index in [0.29, 0.717) is 12.6 Å². The molecule has 28 heavy (non-hydrogen) atoms. The molecule has 2 amide bonds. The van der Waals surface area contributed by atoms with Gasteiger partial charge in [0.2, 0.25) is 11.8 Å². The third-order valence-electron chi connectivity index (χ3n) is 6.46. The normalized spacial score (nSPS) is 26.3. The van der Waals surface area contributed by atoms with Crippen molar-refractivity contribution in [3.05, 3.63) is 47.5 Å². The van der Waals surface area contributed by atoms with Crippen LogP contribution in [0.2, 0.25) is 0 Å². The molecule has 0 saturated carbocycles. The number of carbonyl (C=O) groups is 2. The van der Waals surface area contributed by atoms with Crippen LogP contribution < -0.4 is 0 Å². The van der Waals surface area contributed by atoms with Gasteiger partial charge in [0.15, 0.2) is 0 Å². The fourth-order valence-corrected chi connectivity index (χ4v) is 4.56. The number of imide groups is 1. The van der Waals surface area contributed by atoms with E-state index in [0.717, 1.165) is 45.6 Å². The molecule has 0 aromatic heterocycles. The van der Waals surface area contributed by atoms with Gasteiger partial charge < -0.3 is 0 Å². The first-order chi connectivity index (χ1) is 13.5. The highest BCUT2D eigenvalue weighted by atomic mass is 16.2. The van der Waals surface area contributed by atoms with E-state index < -0.39 is 0 Å². The van der Waals surface area contributed by atoms with Crippen LogP contribution >= 0.6 is 0 Å². The van der Waals surface area contributed by atoms with E-state index in [1.165, 1.54) is 16.0 Å². The number of likely N-dealkylation sites (tertiary alicyclic amines) is 1. The van der Waals surface area contributed by atoms with E-state index in [2.05, 4.69) is 47.9 Å². The summed E-state index contributed by atoms with van der Waals surface area (Å²) in [5.74, 6) is 0.396. The fraction of sp³-hybridized carbons (Fsp3) is 0.565. The predicted octanol–water partition coefficient (Wildman–Crippen LogP) is 2.84. The molecule has 2 atom stereocenters. The van der Waals surface area contributed by atoms with Gasteiger partial charge in [-0.05, 0) is 29.9 Å². The Labute approximate surface area is 168 Å². The Morgan fingerprint density at radius 1 is 0.857 bits per heavy atom. The molecule has 1 aromatic rings. The maximum atomic E-state index is 12.6. The van der Waals surface area contributed by atoms with Gasteiger partial charge >= 0.3 is 0 Å². The topological polar surface area (TPSA) is 43.9 Å². The molecule has 1 aromatic carbocycles. The lowest BCUT2D eigenvalue weighted by Crippen LogP contribution is -2.51. The summed E-state index contributed by atoms with van der Waals surface area (Å²) in [5.41, 5.74) is 2.73. The summed E-state index contributed by atoms with van der Waals surface area (Å²) >= 11 is 0. The van der Waals surface area contributed by atoms with Crippen LogP contribution in [0.5, 0.6) is 0 Å². The molecular formula is C23H31N3O2. The van der Waals surface area contributed by atoms with Gasteiger partial charge in [0, 0.05) is 32.7 Å². The maximum Gasteiger partial charge on any atom is 0.234 e. The molecule has 150 valence electrons. The monoisotopic (exact) mass is 381 g/mol. The highest BCUT2D eigenvalue weighted by Gasteiger charge is 2.47. The number of benzene rings is 1. The third kappa shape index (κ3) is 3.91. The Morgan fingerprint density at radius 3 is 1.93 bits per heavy atom. The second-order valence-corrected chi connectivity index (χ2v) is 8.69. The Morgan fingerprint density at radius 2 is 1.39 bits per heavy atom. The fourth-order valence-electron chi connectivity index (χ4n) is 4.56. The number of piperazine rings is 1. The molecule has 5 heteroatoms. The molecule has 0 spiro atoms. The summed E-state index contributed by atoms with van der Waals surface area (Å²) in [6.07, 6.45) is 5.52. The van der Waals surface area contributed by atoms with Gasteiger partial charge in [-0.1, -0.05) is 50.3 Å². The van der Waals surface area contributed by atoms with Crippen LogP contribution in [0, 0.1) is 11.8 Å². The summed E-state index contributed by atoms with van der Waals surface area (Å²) in [7, 11) is 0. The number of fused-ring (bicyclic) bond motifs is 1. The van der Waals surface area contributed by atoms with Crippen LogP contribution in [0.3, 0.4) is 0 Å². The number of hydrogen-bond donors (Lipinski definition) is 0. The maximum absolute atomic E-state index is 12.6. The van der Waals surface area contributed by atoms with Crippen LogP contribution in [0.4, 0.5) is 0 Å². The predicted molar refractivity (Wildman–Crippen MR) is 109 cm³/mol. The van der Waals surface area contributed by atoms with Crippen LogP contribution in [-0.4, -0.2) is 59.4 Å². The summed E-state index contributed by atoms with van der Waals surface area (Å²) in [5, 5.41) is 0. The number of amides is 2. The van der Waals surface area contributed by atoms with Gasteiger partial charge in [0.1, 0.15) is 0 Å². The first kappa shape index (κ1) is 19.3. The van der Waals surface area contributed by atoms with Crippen molar-refractivity contribution < 1.29 is 9.59 Å². The van der Waals surface area contributed by atoms with Crippen LogP contribution in [0.25, 0.3) is 0 Å². The average Bonchev–Trinajstić information content (AvgIpc) is 2.95. The molecule has 0 unspecified atom stereocenters. The second-order valence-electron chi connectivity index (χ2n) is 8.69. The minimum atomic E-state index is -0.118. The first-order valence-electron chi connectivity index (χ1n) is 10.6. The highest BCUT2D eigenvalue weighted by Crippen LogP contribution is 2.35. The van der Waals surface area contributed by atoms with Crippen molar-refractivity contribution in [2.24, 2.45) is 11.8 Å². The Kier molecular flexibility index (Phi) is 5.65. The average molecular weight is 382 g/mol. The molecule has 2 saturated heterocycles. The largest absolute Gasteiger partial charge is 0.297 e. The van der Waals surface area contributed by atoms with E-state index in [-0.39, 0.29) is 23.7 Å². The molecule has 2 aliphatic heterocycles. The molecule has 0 N–H and O–H groups in total. The van der Waals surface area contributed by atoms with Gasteiger partial charge in [-0.2, -0.15) is 0 Å². The summed E-state index contributed by atoms with van der Waals surface area (Å²) in [4.78, 5) is 31.5. The van der Waals surface area contributed by atoms with E-state index in [1.807, 2.05) is 12.2 Å². The zero-order valence-electron chi connectivity index (χ0n) is 17.0. The first-order valence-corrected chi connectivity index (χ1v) is 10.6. The Balaban J connectivity index is 1.27. The number of hydrogen-bond acceptors (Lipinski definition) is 4. The zero-order chi connectivity index (χ0) is 19.7. The molecule has 4 rings (SSSR count). The molecule has 2 fully saturated rings. The van der Waals surface area contributed by atoms with Gasteiger partial charge in [0.25, 0.3) is 0 Å². The van der Waals surface area contributed by atoms with Crippen LogP contribution in [0.1, 0.15) is 43.7 Å². The minimum absolute atomic E-state index is 0.0343. The summed E-state index contributed by atoms with van der Waals surface area (Å²) in [6.45, 7) is 9.59. The lowest BCUT2D eigenvalue weighted by molar-refractivity contribution is -0.142. The zero-order valence-corrected chi connectivity index (χ0v) is 17.0. The van der Waals surface area contributed by atoms with E-state index in [4.69, 9.17) is 0 Å². The van der Waals surface area contributed by atoms with Crippen molar-refractivity contribution in [1.29, 1.82) is 0 Å². The third-order valence-corrected chi connectivity index (χ3v) is 6.46. The molecule has 0 bridgehead atoms. The lowest BCUT2D eigenvalue weighted by Gasteiger charge is -2.36. The number of rotatable bonds is 5. The smallest absolute Gasteiger partial charge is 0.234 e. The standard InChI is InChI=1S/C23H31N3O2/c1-17(2)19-9-7-18(8-10-19)15-24-11-13-25(14-12-24)16-26-22(27)20-5-3-4-6-21(20)23(26)28/h3-4,7-10,17,20-21H,5-6,11-16H2,1-2H3/t20-,21-/m0/s1. The molecule has 0 radical (unpaired) electrons. The Bertz CT molecular complexity index is 722.